The second-order valence-corrected chi connectivity index (χ2v) is 7.33. The molecule has 2 heterocycles. The SMILES string of the molecule is CN(C)P1N(c2ccccc2)C[C@@H]2CCCN21. The number of para-hydroxylation sites is 1. The van der Waals surface area contributed by atoms with E-state index in [1.165, 1.54) is 31.6 Å². The maximum atomic E-state index is 2.71. The number of hydrogen-bond acceptors (Lipinski definition) is 3. The molecule has 4 heteroatoms. The third-order valence-corrected chi connectivity index (χ3v) is 6.12. The van der Waals surface area contributed by atoms with Crippen LogP contribution >= 0.6 is 8.37 Å². The highest BCUT2D eigenvalue weighted by Crippen LogP contribution is 2.56. The Kier molecular flexibility index (Phi) is 3.08. The van der Waals surface area contributed by atoms with Gasteiger partial charge in [-0.05, 0) is 39.1 Å². The molecule has 2 saturated heterocycles. The van der Waals surface area contributed by atoms with E-state index in [1.807, 2.05) is 0 Å². The van der Waals surface area contributed by atoms with Crippen molar-refractivity contribution in [2.75, 3.05) is 31.9 Å². The maximum absolute atomic E-state index is 2.71. The average Bonchev–Trinajstić information content (AvgIpc) is 2.88. The normalized spacial score (nSPS) is 29.0. The summed E-state index contributed by atoms with van der Waals surface area (Å²) >= 11 is 0. The Morgan fingerprint density at radius 3 is 2.71 bits per heavy atom. The average molecular weight is 249 g/mol. The van der Waals surface area contributed by atoms with E-state index >= 15 is 0 Å². The fourth-order valence-electron chi connectivity index (χ4n) is 2.91. The van der Waals surface area contributed by atoms with Gasteiger partial charge < -0.3 is 4.67 Å². The fourth-order valence-corrected chi connectivity index (χ4v) is 5.55. The van der Waals surface area contributed by atoms with Crippen LogP contribution in [0.2, 0.25) is 0 Å². The number of nitrogens with zero attached hydrogens (tertiary/aromatic N) is 3. The molecule has 1 aromatic rings. The zero-order chi connectivity index (χ0) is 11.8. The largest absolute Gasteiger partial charge is 0.324 e. The third kappa shape index (κ3) is 1.97. The Balaban J connectivity index is 1.89. The van der Waals surface area contributed by atoms with Gasteiger partial charge in [0.1, 0.15) is 8.37 Å². The predicted octanol–water partition coefficient (Wildman–Crippen LogP) is 2.76. The number of benzene rings is 1. The van der Waals surface area contributed by atoms with Crippen LogP contribution < -0.4 is 4.67 Å². The van der Waals surface area contributed by atoms with Gasteiger partial charge in [0.2, 0.25) is 0 Å². The molecular formula is C13H20N3P. The van der Waals surface area contributed by atoms with Crippen molar-refractivity contribution >= 4 is 14.1 Å². The second kappa shape index (κ2) is 4.56. The quantitative estimate of drug-likeness (QED) is 0.746. The number of anilines is 1. The first-order valence-electron chi connectivity index (χ1n) is 6.34. The first-order chi connectivity index (χ1) is 8.27. The van der Waals surface area contributed by atoms with Crippen molar-refractivity contribution in [1.29, 1.82) is 0 Å². The van der Waals surface area contributed by atoms with E-state index in [9.17, 15) is 0 Å². The Morgan fingerprint density at radius 2 is 2.00 bits per heavy atom. The summed E-state index contributed by atoms with van der Waals surface area (Å²) < 4.78 is 7.70. The summed E-state index contributed by atoms with van der Waals surface area (Å²) in [6.07, 6.45) is 2.75. The molecule has 0 aromatic heterocycles. The Hall–Kier alpha value is -0.630. The van der Waals surface area contributed by atoms with E-state index in [2.05, 4.69) is 58.4 Å². The molecular weight excluding hydrogens is 229 g/mol. The highest BCUT2D eigenvalue weighted by molar-refractivity contribution is 7.54. The van der Waals surface area contributed by atoms with Crippen molar-refractivity contribution in [2.45, 2.75) is 18.9 Å². The monoisotopic (exact) mass is 249 g/mol. The van der Waals surface area contributed by atoms with Gasteiger partial charge in [-0.15, -0.1) is 0 Å². The van der Waals surface area contributed by atoms with E-state index in [4.69, 9.17) is 0 Å². The molecule has 0 bridgehead atoms. The summed E-state index contributed by atoms with van der Waals surface area (Å²) in [5.74, 6) is 0. The highest BCUT2D eigenvalue weighted by Gasteiger charge is 2.43. The van der Waals surface area contributed by atoms with Gasteiger partial charge in [-0.25, -0.2) is 4.67 Å². The summed E-state index contributed by atoms with van der Waals surface area (Å²) in [4.78, 5) is 0. The zero-order valence-electron chi connectivity index (χ0n) is 10.6. The van der Waals surface area contributed by atoms with Crippen LogP contribution in [-0.2, 0) is 0 Å². The van der Waals surface area contributed by atoms with Crippen molar-refractivity contribution in [3.8, 4) is 0 Å². The molecule has 3 nitrogen and oxygen atoms in total. The van der Waals surface area contributed by atoms with Crippen molar-refractivity contribution in [3.05, 3.63) is 30.3 Å². The molecule has 1 aromatic carbocycles. The van der Waals surface area contributed by atoms with Gasteiger partial charge in [-0.2, -0.15) is 0 Å². The van der Waals surface area contributed by atoms with Gasteiger partial charge in [0.25, 0.3) is 0 Å². The summed E-state index contributed by atoms with van der Waals surface area (Å²) in [6, 6.07) is 11.6. The van der Waals surface area contributed by atoms with Crippen molar-refractivity contribution in [1.82, 2.24) is 9.34 Å². The minimum Gasteiger partial charge on any atom is -0.324 e. The molecule has 2 aliphatic rings. The minimum atomic E-state index is -0.284. The smallest absolute Gasteiger partial charge is 0.149 e. The van der Waals surface area contributed by atoms with E-state index in [-0.39, 0.29) is 8.37 Å². The van der Waals surface area contributed by atoms with Crippen molar-refractivity contribution < 1.29 is 0 Å². The lowest BCUT2D eigenvalue weighted by Gasteiger charge is -2.34. The van der Waals surface area contributed by atoms with Gasteiger partial charge in [-0.1, -0.05) is 18.2 Å². The Bertz CT molecular complexity index is 382. The first kappa shape index (κ1) is 11.5. The van der Waals surface area contributed by atoms with Gasteiger partial charge in [0.05, 0.1) is 0 Å². The molecule has 3 rings (SSSR count). The molecule has 0 aliphatic carbocycles. The Morgan fingerprint density at radius 1 is 1.24 bits per heavy atom. The summed E-state index contributed by atoms with van der Waals surface area (Å²) in [5.41, 5.74) is 1.38. The van der Waals surface area contributed by atoms with Crippen LogP contribution in [0.25, 0.3) is 0 Å². The van der Waals surface area contributed by atoms with Gasteiger partial charge >= 0.3 is 0 Å². The molecule has 2 aliphatic heterocycles. The fraction of sp³-hybridized carbons (Fsp3) is 0.538. The maximum Gasteiger partial charge on any atom is 0.149 e. The molecule has 2 atom stereocenters. The van der Waals surface area contributed by atoms with Crippen molar-refractivity contribution in [3.63, 3.8) is 0 Å². The molecule has 0 spiro atoms. The van der Waals surface area contributed by atoms with E-state index in [0.717, 1.165) is 6.04 Å². The molecule has 0 saturated carbocycles. The summed E-state index contributed by atoms with van der Waals surface area (Å²) in [6.45, 7) is 2.48. The third-order valence-electron chi connectivity index (χ3n) is 3.59. The topological polar surface area (TPSA) is 9.72 Å². The van der Waals surface area contributed by atoms with Crippen LogP contribution in [0.15, 0.2) is 30.3 Å². The zero-order valence-corrected chi connectivity index (χ0v) is 11.5. The first-order valence-corrected chi connectivity index (χ1v) is 7.54. The van der Waals surface area contributed by atoms with Crippen LogP contribution in [0, 0.1) is 0 Å². The van der Waals surface area contributed by atoms with Crippen LogP contribution in [0.1, 0.15) is 12.8 Å². The lowest BCUT2D eigenvalue weighted by molar-refractivity contribution is 0.445. The van der Waals surface area contributed by atoms with Crippen LogP contribution in [-0.4, -0.2) is 42.6 Å². The van der Waals surface area contributed by atoms with Gasteiger partial charge in [0, 0.05) is 24.8 Å². The molecule has 2 fully saturated rings. The standard InChI is InChI=1S/C13H20N3P/c1-14(2)17-15-10-6-9-13(15)11-16(17)12-7-4-3-5-8-12/h3-5,7-8,13H,6,9-11H2,1-2H3/t13-,17?/m0/s1. The minimum absolute atomic E-state index is 0.284. The lowest BCUT2D eigenvalue weighted by Crippen LogP contribution is -2.24. The Labute approximate surface area is 105 Å². The van der Waals surface area contributed by atoms with Crippen LogP contribution in [0.5, 0.6) is 0 Å². The van der Waals surface area contributed by atoms with E-state index in [1.54, 1.807) is 0 Å². The van der Waals surface area contributed by atoms with Crippen LogP contribution in [0.4, 0.5) is 5.69 Å². The molecule has 17 heavy (non-hydrogen) atoms. The van der Waals surface area contributed by atoms with E-state index < -0.39 is 0 Å². The highest BCUT2D eigenvalue weighted by atomic mass is 31.2. The number of hydrogen-bond donors (Lipinski definition) is 0. The predicted molar refractivity (Wildman–Crippen MR) is 74.1 cm³/mol. The molecule has 0 amide bonds. The molecule has 1 unspecified atom stereocenters. The lowest BCUT2D eigenvalue weighted by atomic mass is 10.2. The van der Waals surface area contributed by atoms with E-state index in [0.29, 0.717) is 0 Å². The molecule has 92 valence electrons. The van der Waals surface area contributed by atoms with Gasteiger partial charge in [0.15, 0.2) is 0 Å². The summed E-state index contributed by atoms with van der Waals surface area (Å²) in [5, 5.41) is 0. The van der Waals surface area contributed by atoms with Crippen molar-refractivity contribution in [2.24, 2.45) is 0 Å². The second-order valence-electron chi connectivity index (χ2n) is 4.99. The van der Waals surface area contributed by atoms with Gasteiger partial charge in [-0.3, -0.25) is 4.67 Å². The summed E-state index contributed by atoms with van der Waals surface area (Å²) in [7, 11) is 4.14. The van der Waals surface area contributed by atoms with Crippen LogP contribution in [0.3, 0.4) is 0 Å². The molecule has 0 N–H and O–H groups in total. The number of fused-ring (bicyclic) bond motifs is 1. The molecule has 0 radical (unpaired) electrons. The number of rotatable bonds is 2.